The molecule has 3 rings (SSSR count). The van der Waals surface area contributed by atoms with Crippen molar-refractivity contribution in [3.63, 3.8) is 0 Å². The molecule has 0 atom stereocenters. The Labute approximate surface area is 190 Å². The van der Waals surface area contributed by atoms with Gasteiger partial charge < -0.3 is 9.47 Å². The summed E-state index contributed by atoms with van der Waals surface area (Å²) in [7, 11) is 0. The quantitative estimate of drug-likeness (QED) is 0.281. The van der Waals surface area contributed by atoms with Crippen LogP contribution in [0.1, 0.15) is 81.1 Å². The van der Waals surface area contributed by atoms with E-state index in [1.54, 1.807) is 12.1 Å². The highest BCUT2D eigenvalue weighted by Crippen LogP contribution is 2.35. The molecule has 2 aromatic carbocycles. The summed E-state index contributed by atoms with van der Waals surface area (Å²) >= 11 is 0. The summed E-state index contributed by atoms with van der Waals surface area (Å²) in [6.07, 6.45) is 10.1. The predicted molar refractivity (Wildman–Crippen MR) is 122 cm³/mol. The van der Waals surface area contributed by atoms with E-state index in [4.69, 9.17) is 9.47 Å². The number of esters is 1. The van der Waals surface area contributed by atoms with Crippen molar-refractivity contribution in [3.8, 4) is 11.5 Å². The van der Waals surface area contributed by atoms with Crippen LogP contribution in [-0.2, 0) is 6.42 Å². The number of aryl methyl sites for hydroxylation is 1. The van der Waals surface area contributed by atoms with Gasteiger partial charge in [-0.05, 0) is 67.5 Å². The van der Waals surface area contributed by atoms with Gasteiger partial charge in [-0.1, -0.05) is 57.9 Å². The summed E-state index contributed by atoms with van der Waals surface area (Å²) in [5.41, 5.74) is 0.586. The van der Waals surface area contributed by atoms with Gasteiger partial charge in [0.25, 0.3) is 0 Å². The Morgan fingerprint density at radius 2 is 1.56 bits per heavy atom. The molecular weight excluding hydrogens is 410 g/mol. The summed E-state index contributed by atoms with van der Waals surface area (Å²) in [6.45, 7) is 4.61. The second-order valence-electron chi connectivity index (χ2n) is 8.77. The Bertz CT molecular complexity index is 871. The van der Waals surface area contributed by atoms with Gasteiger partial charge in [-0.2, -0.15) is 4.39 Å². The Balaban J connectivity index is 1.54. The summed E-state index contributed by atoms with van der Waals surface area (Å²) in [5.74, 6) is -1.11. The molecule has 2 aromatic rings. The van der Waals surface area contributed by atoms with Crippen molar-refractivity contribution in [1.82, 2.24) is 0 Å². The average Bonchev–Trinajstić information content (AvgIpc) is 2.81. The van der Waals surface area contributed by atoms with Gasteiger partial charge in [0.05, 0.1) is 12.2 Å². The lowest BCUT2D eigenvalue weighted by atomic mass is 9.78. The standard InChI is InChI=1S/C27H34F2O3/c1-3-5-6-19-7-9-20(10-8-19)11-12-21-15-18-24(26(29)25(21)28)32-27(30)22-13-16-23(17-14-22)31-4-2/h13-20H,3-12H2,1-2H3. The average molecular weight is 445 g/mol. The van der Waals surface area contributed by atoms with Crippen molar-refractivity contribution in [2.75, 3.05) is 6.61 Å². The SMILES string of the molecule is CCCCC1CCC(CCc2ccc(OC(=O)c3ccc(OCC)cc3)c(F)c2F)CC1. The molecule has 0 heterocycles. The number of carbonyl (C=O) groups is 1. The normalized spacial score (nSPS) is 18.4. The smallest absolute Gasteiger partial charge is 0.343 e. The Morgan fingerprint density at radius 3 is 2.19 bits per heavy atom. The van der Waals surface area contributed by atoms with E-state index in [1.807, 2.05) is 6.92 Å². The first kappa shape index (κ1) is 24.2. The molecule has 0 spiro atoms. The molecule has 0 unspecified atom stereocenters. The molecule has 0 amide bonds. The fourth-order valence-electron chi connectivity index (χ4n) is 4.52. The molecule has 5 heteroatoms. The third kappa shape index (κ3) is 6.54. The lowest BCUT2D eigenvalue weighted by Crippen LogP contribution is -2.15. The van der Waals surface area contributed by atoms with Crippen LogP contribution in [0.3, 0.4) is 0 Å². The van der Waals surface area contributed by atoms with Crippen molar-refractivity contribution in [2.45, 2.75) is 71.6 Å². The molecule has 1 aliphatic carbocycles. The van der Waals surface area contributed by atoms with Gasteiger partial charge in [-0.25, -0.2) is 9.18 Å². The topological polar surface area (TPSA) is 35.5 Å². The van der Waals surface area contributed by atoms with Crippen LogP contribution in [-0.4, -0.2) is 12.6 Å². The minimum Gasteiger partial charge on any atom is -0.494 e. The van der Waals surface area contributed by atoms with E-state index in [0.717, 1.165) is 12.3 Å². The number of benzene rings is 2. The van der Waals surface area contributed by atoms with Crippen molar-refractivity contribution in [3.05, 3.63) is 59.2 Å². The number of rotatable bonds is 10. The van der Waals surface area contributed by atoms with Crippen LogP contribution in [0.15, 0.2) is 36.4 Å². The molecular formula is C27H34F2O3. The number of halogens is 2. The highest BCUT2D eigenvalue weighted by atomic mass is 19.2. The number of hydrogen-bond donors (Lipinski definition) is 0. The zero-order valence-electron chi connectivity index (χ0n) is 19.2. The monoisotopic (exact) mass is 444 g/mol. The molecule has 32 heavy (non-hydrogen) atoms. The molecule has 174 valence electrons. The first-order valence-corrected chi connectivity index (χ1v) is 11.9. The Kier molecular flexibility index (Phi) is 9.07. The van der Waals surface area contributed by atoms with Crippen LogP contribution in [0.5, 0.6) is 11.5 Å². The number of ether oxygens (including phenoxy) is 2. The van der Waals surface area contributed by atoms with E-state index in [-0.39, 0.29) is 11.3 Å². The van der Waals surface area contributed by atoms with Gasteiger partial charge >= 0.3 is 5.97 Å². The largest absolute Gasteiger partial charge is 0.494 e. The lowest BCUT2D eigenvalue weighted by molar-refractivity contribution is 0.0726. The maximum absolute atomic E-state index is 14.6. The number of carbonyl (C=O) groups excluding carboxylic acids is 1. The van der Waals surface area contributed by atoms with Gasteiger partial charge in [-0.15, -0.1) is 0 Å². The third-order valence-corrected chi connectivity index (χ3v) is 6.48. The summed E-state index contributed by atoms with van der Waals surface area (Å²) in [4.78, 5) is 12.3. The fraction of sp³-hybridized carbons (Fsp3) is 0.519. The summed E-state index contributed by atoms with van der Waals surface area (Å²) < 4.78 is 39.6. The van der Waals surface area contributed by atoms with Crippen molar-refractivity contribution in [1.29, 1.82) is 0 Å². The molecule has 3 nitrogen and oxygen atoms in total. The molecule has 0 radical (unpaired) electrons. The molecule has 0 aliphatic heterocycles. The Hall–Kier alpha value is -2.43. The predicted octanol–water partition coefficient (Wildman–Crippen LogP) is 7.51. The fourth-order valence-corrected chi connectivity index (χ4v) is 4.52. The third-order valence-electron chi connectivity index (χ3n) is 6.48. The van der Waals surface area contributed by atoms with E-state index in [0.29, 0.717) is 30.3 Å². The first-order valence-electron chi connectivity index (χ1n) is 11.9. The van der Waals surface area contributed by atoms with E-state index >= 15 is 0 Å². The van der Waals surface area contributed by atoms with Gasteiger partial charge in [-0.3, -0.25) is 0 Å². The molecule has 1 saturated carbocycles. The van der Waals surface area contributed by atoms with Gasteiger partial charge in [0.2, 0.25) is 5.82 Å². The molecule has 0 bridgehead atoms. The van der Waals surface area contributed by atoms with Crippen molar-refractivity contribution in [2.24, 2.45) is 11.8 Å². The minimum absolute atomic E-state index is 0.242. The van der Waals surface area contributed by atoms with Crippen LogP contribution >= 0.6 is 0 Å². The summed E-state index contributed by atoms with van der Waals surface area (Å²) in [5, 5.41) is 0. The van der Waals surface area contributed by atoms with Crippen LogP contribution in [0.25, 0.3) is 0 Å². The lowest BCUT2D eigenvalue weighted by Gasteiger charge is -2.28. The van der Waals surface area contributed by atoms with Crippen molar-refractivity contribution >= 4 is 5.97 Å². The highest BCUT2D eigenvalue weighted by Gasteiger charge is 2.22. The van der Waals surface area contributed by atoms with Crippen LogP contribution in [0.2, 0.25) is 0 Å². The van der Waals surface area contributed by atoms with Gasteiger partial charge in [0, 0.05) is 0 Å². The summed E-state index contributed by atoms with van der Waals surface area (Å²) in [6, 6.07) is 9.22. The van der Waals surface area contributed by atoms with Gasteiger partial charge in [0.1, 0.15) is 5.75 Å². The number of unbranched alkanes of at least 4 members (excludes halogenated alkanes) is 1. The van der Waals surface area contributed by atoms with E-state index < -0.39 is 17.6 Å². The van der Waals surface area contributed by atoms with E-state index in [9.17, 15) is 13.6 Å². The zero-order chi connectivity index (χ0) is 22.9. The Morgan fingerprint density at radius 1 is 0.906 bits per heavy atom. The van der Waals surface area contributed by atoms with Gasteiger partial charge in [0.15, 0.2) is 11.6 Å². The molecule has 0 aromatic heterocycles. The molecule has 1 aliphatic rings. The van der Waals surface area contributed by atoms with E-state index in [1.165, 1.54) is 69.2 Å². The van der Waals surface area contributed by atoms with Crippen LogP contribution < -0.4 is 9.47 Å². The highest BCUT2D eigenvalue weighted by molar-refractivity contribution is 5.91. The molecule has 0 N–H and O–H groups in total. The van der Waals surface area contributed by atoms with Crippen LogP contribution in [0.4, 0.5) is 8.78 Å². The first-order chi connectivity index (χ1) is 15.5. The molecule has 0 saturated heterocycles. The number of hydrogen-bond acceptors (Lipinski definition) is 3. The second-order valence-corrected chi connectivity index (χ2v) is 8.77. The molecule has 1 fully saturated rings. The maximum Gasteiger partial charge on any atom is 0.343 e. The minimum atomic E-state index is -1.11. The van der Waals surface area contributed by atoms with Crippen LogP contribution in [0, 0.1) is 23.5 Å². The van der Waals surface area contributed by atoms with E-state index in [2.05, 4.69) is 6.92 Å². The van der Waals surface area contributed by atoms with Crippen molar-refractivity contribution < 1.29 is 23.0 Å². The zero-order valence-corrected chi connectivity index (χ0v) is 19.2. The second kappa shape index (κ2) is 12.0. The maximum atomic E-state index is 14.6.